The largest absolute Gasteiger partial charge is 0.332 e. The maximum atomic E-state index is 12.6. The summed E-state index contributed by atoms with van der Waals surface area (Å²) in [4.78, 5) is 14.6. The number of nitrogens with zero attached hydrogens (tertiary/aromatic N) is 4. The van der Waals surface area contributed by atoms with Crippen molar-refractivity contribution < 1.29 is 4.79 Å². The first kappa shape index (κ1) is 15.7. The predicted octanol–water partition coefficient (Wildman–Crippen LogP) is 0.0419. The van der Waals surface area contributed by atoms with Crippen molar-refractivity contribution in [3.05, 3.63) is 11.6 Å². The molecular weight excluding hydrogens is 304 g/mol. The van der Waals surface area contributed by atoms with Gasteiger partial charge in [0.15, 0.2) is 5.82 Å². The van der Waals surface area contributed by atoms with Gasteiger partial charge in [0.2, 0.25) is 5.91 Å². The molecule has 2 fully saturated rings. The van der Waals surface area contributed by atoms with Crippen LogP contribution < -0.4 is 10.6 Å². The molecule has 0 aromatic carbocycles. The van der Waals surface area contributed by atoms with Gasteiger partial charge in [-0.15, -0.1) is 22.6 Å². The zero-order chi connectivity index (χ0) is 14.4. The summed E-state index contributed by atoms with van der Waals surface area (Å²) in [6, 6.07) is 0.156. The lowest BCUT2D eigenvalue weighted by Crippen LogP contribution is -2.57. The van der Waals surface area contributed by atoms with Gasteiger partial charge in [0.25, 0.3) is 0 Å². The van der Waals surface area contributed by atoms with Crippen LogP contribution in [-0.4, -0.2) is 57.8 Å². The summed E-state index contributed by atoms with van der Waals surface area (Å²) < 4.78 is 2.26. The summed E-state index contributed by atoms with van der Waals surface area (Å²) in [7, 11) is 0. The van der Waals surface area contributed by atoms with Gasteiger partial charge in [-0.3, -0.25) is 4.79 Å². The zero-order valence-electron chi connectivity index (χ0n) is 12.8. The van der Waals surface area contributed by atoms with Gasteiger partial charge in [0, 0.05) is 32.1 Å². The minimum Gasteiger partial charge on any atom is -0.332 e. The van der Waals surface area contributed by atoms with Crippen molar-refractivity contribution in [2.75, 3.05) is 26.2 Å². The summed E-state index contributed by atoms with van der Waals surface area (Å²) in [5.74, 6) is 2.84. The summed E-state index contributed by atoms with van der Waals surface area (Å²) in [6.07, 6.45) is 2.45. The van der Waals surface area contributed by atoms with E-state index in [2.05, 4.69) is 32.3 Å². The molecule has 1 aromatic heterocycles. The van der Waals surface area contributed by atoms with Gasteiger partial charge < -0.3 is 20.1 Å². The number of carbonyl (C=O) groups excluding carboxylic acids is 1. The molecule has 2 N–H and O–H groups in total. The Morgan fingerprint density at radius 2 is 2.09 bits per heavy atom. The van der Waals surface area contributed by atoms with E-state index in [9.17, 15) is 4.79 Å². The Balaban J connectivity index is 0.00000144. The van der Waals surface area contributed by atoms with Crippen LogP contribution in [0.5, 0.6) is 0 Å². The molecular formula is C14H23ClN6O. The Bertz CT molecular complexity index is 552. The van der Waals surface area contributed by atoms with Crippen LogP contribution in [0.25, 0.3) is 0 Å². The number of fused-ring (bicyclic) bond motifs is 1. The molecule has 4 rings (SSSR count). The Kier molecular flexibility index (Phi) is 4.38. The van der Waals surface area contributed by atoms with Crippen LogP contribution in [0.2, 0.25) is 0 Å². The lowest BCUT2D eigenvalue weighted by Gasteiger charge is -2.36. The maximum Gasteiger partial charge on any atom is 0.241 e. The molecule has 1 aliphatic carbocycles. The van der Waals surface area contributed by atoms with Gasteiger partial charge in [-0.05, 0) is 19.8 Å². The van der Waals surface area contributed by atoms with E-state index in [0.717, 1.165) is 31.3 Å². The molecule has 0 radical (unpaired) electrons. The highest BCUT2D eigenvalue weighted by molar-refractivity contribution is 5.85. The quantitative estimate of drug-likeness (QED) is 0.803. The fraction of sp³-hybridized carbons (Fsp3) is 0.786. The molecule has 1 saturated heterocycles. The molecule has 0 unspecified atom stereocenters. The normalized spacial score (nSPS) is 28.0. The first-order chi connectivity index (χ1) is 10.2. The van der Waals surface area contributed by atoms with Crippen LogP contribution >= 0.6 is 12.4 Å². The Morgan fingerprint density at radius 1 is 1.27 bits per heavy atom. The topological polar surface area (TPSA) is 75.1 Å². The number of amides is 1. The molecule has 0 bridgehead atoms. The second-order valence-corrected chi connectivity index (χ2v) is 6.40. The van der Waals surface area contributed by atoms with Crippen LogP contribution in [0, 0.1) is 0 Å². The number of rotatable bonds is 2. The molecule has 2 atom stereocenters. The lowest BCUT2D eigenvalue weighted by atomic mass is 10.1. The molecule has 1 amide bonds. The third-order valence-corrected chi connectivity index (χ3v) is 4.64. The second-order valence-electron chi connectivity index (χ2n) is 6.40. The van der Waals surface area contributed by atoms with Crippen molar-refractivity contribution in [3.63, 3.8) is 0 Å². The molecule has 122 valence electrons. The number of carbonyl (C=O) groups is 1. The van der Waals surface area contributed by atoms with E-state index in [-0.39, 0.29) is 30.4 Å². The minimum atomic E-state index is -0.108. The molecule has 3 heterocycles. The van der Waals surface area contributed by atoms with Crippen LogP contribution in [-0.2, 0) is 11.3 Å². The molecule has 3 aliphatic rings. The molecule has 7 nitrogen and oxygen atoms in total. The van der Waals surface area contributed by atoms with E-state index in [0.29, 0.717) is 19.0 Å². The zero-order valence-corrected chi connectivity index (χ0v) is 13.6. The minimum absolute atomic E-state index is 0. The number of halogens is 1. The lowest BCUT2D eigenvalue weighted by molar-refractivity contribution is -0.135. The molecule has 1 aromatic rings. The average molecular weight is 327 g/mol. The van der Waals surface area contributed by atoms with Gasteiger partial charge in [-0.25, -0.2) is 0 Å². The van der Waals surface area contributed by atoms with Crippen LogP contribution in [0.3, 0.4) is 0 Å². The van der Waals surface area contributed by atoms with E-state index in [1.54, 1.807) is 0 Å². The summed E-state index contributed by atoms with van der Waals surface area (Å²) in [5.41, 5.74) is 0. The van der Waals surface area contributed by atoms with Gasteiger partial charge in [-0.1, -0.05) is 0 Å². The van der Waals surface area contributed by atoms with Crippen molar-refractivity contribution >= 4 is 18.3 Å². The molecule has 2 aliphatic heterocycles. The van der Waals surface area contributed by atoms with Crippen molar-refractivity contribution in [1.29, 1.82) is 0 Å². The number of hydrogen-bond acceptors (Lipinski definition) is 5. The first-order valence-corrected chi connectivity index (χ1v) is 7.90. The Morgan fingerprint density at radius 3 is 2.77 bits per heavy atom. The molecule has 8 heteroatoms. The fourth-order valence-electron chi connectivity index (χ4n) is 3.40. The van der Waals surface area contributed by atoms with Crippen LogP contribution in [0.15, 0.2) is 0 Å². The summed E-state index contributed by atoms with van der Waals surface area (Å²) in [6.45, 7) is 5.98. The number of piperazine rings is 1. The van der Waals surface area contributed by atoms with Crippen molar-refractivity contribution in [2.45, 2.75) is 44.3 Å². The van der Waals surface area contributed by atoms with E-state index >= 15 is 0 Å². The number of nitrogens with one attached hydrogen (secondary N) is 2. The predicted molar refractivity (Wildman–Crippen MR) is 84.0 cm³/mol. The van der Waals surface area contributed by atoms with Crippen molar-refractivity contribution in [2.24, 2.45) is 0 Å². The summed E-state index contributed by atoms with van der Waals surface area (Å²) >= 11 is 0. The highest BCUT2D eigenvalue weighted by atomic mass is 35.5. The van der Waals surface area contributed by atoms with E-state index < -0.39 is 0 Å². The first-order valence-electron chi connectivity index (χ1n) is 7.90. The molecule has 22 heavy (non-hydrogen) atoms. The molecule has 0 spiro atoms. The average Bonchev–Trinajstić information content (AvgIpc) is 3.27. The summed E-state index contributed by atoms with van der Waals surface area (Å²) in [5, 5.41) is 15.3. The van der Waals surface area contributed by atoms with Gasteiger partial charge in [-0.2, -0.15) is 0 Å². The maximum absolute atomic E-state index is 12.6. The van der Waals surface area contributed by atoms with E-state index in [1.165, 1.54) is 12.8 Å². The third-order valence-electron chi connectivity index (χ3n) is 4.64. The second kappa shape index (κ2) is 6.14. The van der Waals surface area contributed by atoms with Crippen LogP contribution in [0.4, 0.5) is 0 Å². The highest BCUT2D eigenvalue weighted by Crippen LogP contribution is 2.40. The van der Waals surface area contributed by atoms with Gasteiger partial charge >= 0.3 is 0 Å². The van der Waals surface area contributed by atoms with E-state index in [4.69, 9.17) is 0 Å². The van der Waals surface area contributed by atoms with Crippen molar-refractivity contribution in [1.82, 2.24) is 30.3 Å². The monoisotopic (exact) mass is 326 g/mol. The van der Waals surface area contributed by atoms with E-state index in [1.807, 2.05) is 4.90 Å². The number of aromatic nitrogens is 3. The third kappa shape index (κ3) is 2.73. The van der Waals surface area contributed by atoms with Crippen molar-refractivity contribution in [3.8, 4) is 0 Å². The Hall–Kier alpha value is -1.18. The highest BCUT2D eigenvalue weighted by Gasteiger charge is 2.36. The van der Waals surface area contributed by atoms with Gasteiger partial charge in [0.1, 0.15) is 5.82 Å². The Labute approximate surface area is 136 Å². The van der Waals surface area contributed by atoms with Gasteiger partial charge in [0.05, 0.1) is 18.6 Å². The smallest absolute Gasteiger partial charge is 0.241 e. The fourth-order valence-corrected chi connectivity index (χ4v) is 3.40. The van der Waals surface area contributed by atoms with Crippen LogP contribution in [0.1, 0.15) is 43.4 Å². The standard InChI is InChI=1S/C14H22N6O.ClH/c1-9-7-19(14(21)11-6-15-4-5-16-11)8-12-17-18-13(20(9)12)10-2-3-10;/h9-11,15-16H,2-8H2,1H3;1H/t9-,11-;/m0./s1. The number of hydrogen-bond donors (Lipinski definition) is 2. The molecule has 1 saturated carbocycles. The SMILES string of the molecule is C[C@H]1CN(C(=O)[C@@H]2CNCCN2)Cc2nnc(C3CC3)n21.Cl.